The highest BCUT2D eigenvalue weighted by Gasteiger charge is 2.19. The highest BCUT2D eigenvalue weighted by atomic mass is 35.5. The summed E-state index contributed by atoms with van der Waals surface area (Å²) in [6.45, 7) is 6.50. The van der Waals surface area contributed by atoms with E-state index < -0.39 is 0 Å². The van der Waals surface area contributed by atoms with Gasteiger partial charge >= 0.3 is 0 Å². The molecule has 0 aromatic heterocycles. The van der Waals surface area contributed by atoms with Gasteiger partial charge in [0.2, 0.25) is 0 Å². The van der Waals surface area contributed by atoms with Crippen LogP contribution in [0.1, 0.15) is 147 Å². The Bertz CT molecular complexity index is 499. The fourth-order valence-corrected chi connectivity index (χ4v) is 4.72. The summed E-state index contributed by atoms with van der Waals surface area (Å²) in [6.07, 6.45) is 27.0. The van der Waals surface area contributed by atoms with Crippen LogP contribution in [0.15, 0.2) is 24.3 Å². The maximum Gasteiger partial charge on any atom is 0.0641 e. The number of unbranched alkanes of at least 4 members (excludes halogenated alkanes) is 17. The normalized spacial score (nSPS) is 11.9. The molecule has 0 nitrogen and oxygen atoms in total. The van der Waals surface area contributed by atoms with Crippen molar-refractivity contribution in [2.24, 2.45) is 0 Å². The zero-order chi connectivity index (χ0) is 21.9. The molecular weight excluding hydrogens is 384 g/mol. The van der Waals surface area contributed by atoms with Crippen molar-refractivity contribution in [1.29, 1.82) is 0 Å². The third kappa shape index (κ3) is 14.5. The molecule has 0 amide bonds. The summed E-state index contributed by atoms with van der Waals surface area (Å²) in [5, 5.41) is 0. The second-order valence-electron chi connectivity index (χ2n) is 9.89. The Balaban J connectivity index is 1.86. The molecule has 30 heavy (non-hydrogen) atoms. The van der Waals surface area contributed by atoms with Crippen molar-refractivity contribution in [2.75, 3.05) is 0 Å². The Kier molecular flexibility index (Phi) is 16.6. The van der Waals surface area contributed by atoms with Gasteiger partial charge in [0.05, 0.1) is 4.87 Å². The zero-order valence-electron chi connectivity index (χ0n) is 20.6. The molecule has 0 aliphatic heterocycles. The third-order valence-corrected chi connectivity index (χ3v) is 6.66. The van der Waals surface area contributed by atoms with Crippen LogP contribution in [0.5, 0.6) is 0 Å². The molecule has 0 radical (unpaired) electrons. The maximum atomic E-state index is 6.55. The van der Waals surface area contributed by atoms with Crippen molar-refractivity contribution in [3.8, 4) is 0 Å². The summed E-state index contributed by atoms with van der Waals surface area (Å²) in [4.78, 5) is -0.259. The minimum Gasteiger partial charge on any atom is -0.115 e. The number of aryl methyl sites for hydroxylation is 1. The van der Waals surface area contributed by atoms with E-state index in [2.05, 4.69) is 45.0 Å². The summed E-state index contributed by atoms with van der Waals surface area (Å²) in [6, 6.07) is 8.71. The average Bonchev–Trinajstić information content (AvgIpc) is 2.72. The summed E-state index contributed by atoms with van der Waals surface area (Å²) >= 11 is 6.55. The van der Waals surface area contributed by atoms with Crippen molar-refractivity contribution < 1.29 is 0 Å². The molecule has 0 fully saturated rings. The molecule has 1 aromatic rings. The van der Waals surface area contributed by atoms with Gasteiger partial charge in [-0.2, -0.15) is 0 Å². The molecule has 0 N–H and O–H groups in total. The van der Waals surface area contributed by atoms with Gasteiger partial charge in [0.15, 0.2) is 0 Å². The highest BCUT2D eigenvalue weighted by molar-refractivity contribution is 6.23. The van der Waals surface area contributed by atoms with Crippen LogP contribution < -0.4 is 0 Å². The predicted octanol–water partition coefficient (Wildman–Crippen LogP) is 10.7. The molecule has 0 atom stereocenters. The van der Waals surface area contributed by atoms with E-state index >= 15 is 0 Å². The van der Waals surface area contributed by atoms with Crippen molar-refractivity contribution >= 4 is 11.6 Å². The first-order valence-corrected chi connectivity index (χ1v) is 13.7. The van der Waals surface area contributed by atoms with Gasteiger partial charge in [-0.1, -0.05) is 140 Å². The van der Waals surface area contributed by atoms with Crippen molar-refractivity contribution in [3.63, 3.8) is 0 Å². The Morgan fingerprint density at radius 3 is 1.33 bits per heavy atom. The van der Waals surface area contributed by atoms with Crippen LogP contribution >= 0.6 is 11.6 Å². The molecule has 0 spiro atoms. The van der Waals surface area contributed by atoms with Crippen molar-refractivity contribution in [1.82, 2.24) is 0 Å². The minimum atomic E-state index is -0.259. The van der Waals surface area contributed by atoms with E-state index in [9.17, 15) is 0 Å². The maximum absolute atomic E-state index is 6.55. The van der Waals surface area contributed by atoms with Gasteiger partial charge in [-0.3, -0.25) is 0 Å². The van der Waals surface area contributed by atoms with Gasteiger partial charge in [0.1, 0.15) is 0 Å². The SMILES string of the molecule is CCCCCCCCCCCCCCCCCCCCc1ccccc1C(C)(C)Cl. The predicted molar refractivity (Wildman–Crippen MR) is 138 cm³/mol. The van der Waals surface area contributed by atoms with Crippen LogP contribution in [0, 0.1) is 0 Å². The number of hydrogen-bond donors (Lipinski definition) is 0. The fraction of sp³-hybridized carbons (Fsp3) is 0.793. The second-order valence-corrected chi connectivity index (χ2v) is 10.8. The summed E-state index contributed by atoms with van der Waals surface area (Å²) < 4.78 is 0. The minimum absolute atomic E-state index is 0.259. The van der Waals surface area contributed by atoms with E-state index in [1.54, 1.807) is 0 Å². The van der Waals surface area contributed by atoms with Gasteiger partial charge in [-0.25, -0.2) is 0 Å². The average molecular weight is 435 g/mol. The number of hydrogen-bond acceptors (Lipinski definition) is 0. The lowest BCUT2D eigenvalue weighted by Gasteiger charge is -2.20. The summed E-state index contributed by atoms with van der Waals surface area (Å²) in [7, 11) is 0. The lowest BCUT2D eigenvalue weighted by Crippen LogP contribution is -2.10. The van der Waals surface area contributed by atoms with Gasteiger partial charge < -0.3 is 0 Å². The fourth-order valence-electron chi connectivity index (χ4n) is 4.54. The molecule has 0 saturated heterocycles. The molecule has 0 aliphatic rings. The number of benzene rings is 1. The number of alkyl halides is 1. The quantitative estimate of drug-likeness (QED) is 0.141. The van der Waals surface area contributed by atoms with E-state index in [0.717, 1.165) is 0 Å². The van der Waals surface area contributed by atoms with E-state index in [1.807, 2.05) is 0 Å². The first-order chi connectivity index (χ1) is 14.6. The van der Waals surface area contributed by atoms with Crippen LogP contribution in [-0.4, -0.2) is 0 Å². The Morgan fingerprint density at radius 2 is 0.933 bits per heavy atom. The largest absolute Gasteiger partial charge is 0.115 e. The van der Waals surface area contributed by atoms with Crippen LogP contribution in [0.4, 0.5) is 0 Å². The van der Waals surface area contributed by atoms with Gasteiger partial charge in [0, 0.05) is 0 Å². The van der Waals surface area contributed by atoms with E-state index in [4.69, 9.17) is 11.6 Å². The zero-order valence-corrected chi connectivity index (χ0v) is 21.4. The van der Waals surface area contributed by atoms with Crippen LogP contribution in [0.3, 0.4) is 0 Å². The summed E-state index contributed by atoms with van der Waals surface area (Å²) in [5.74, 6) is 0. The van der Waals surface area contributed by atoms with E-state index in [1.165, 1.54) is 133 Å². The first-order valence-electron chi connectivity index (χ1n) is 13.3. The monoisotopic (exact) mass is 434 g/mol. The smallest absolute Gasteiger partial charge is 0.0641 e. The highest BCUT2D eigenvalue weighted by Crippen LogP contribution is 2.31. The molecule has 1 aromatic carbocycles. The van der Waals surface area contributed by atoms with Gasteiger partial charge in [-0.05, 0) is 37.8 Å². The van der Waals surface area contributed by atoms with Crippen LogP contribution in [0.25, 0.3) is 0 Å². The first kappa shape index (κ1) is 27.5. The van der Waals surface area contributed by atoms with E-state index in [-0.39, 0.29) is 4.87 Å². The van der Waals surface area contributed by atoms with Gasteiger partial charge in [0.25, 0.3) is 0 Å². The van der Waals surface area contributed by atoms with Crippen LogP contribution in [-0.2, 0) is 11.3 Å². The lowest BCUT2D eigenvalue weighted by molar-refractivity contribution is 0.525. The Morgan fingerprint density at radius 1 is 0.567 bits per heavy atom. The molecule has 0 unspecified atom stereocenters. The number of rotatable bonds is 20. The molecule has 1 rings (SSSR count). The Hall–Kier alpha value is -0.490. The van der Waals surface area contributed by atoms with Crippen molar-refractivity contribution in [2.45, 2.75) is 148 Å². The summed E-state index contributed by atoms with van der Waals surface area (Å²) in [5.41, 5.74) is 2.74. The molecule has 0 aliphatic carbocycles. The van der Waals surface area contributed by atoms with Crippen LogP contribution in [0.2, 0.25) is 0 Å². The molecule has 0 saturated carbocycles. The standard InChI is InChI=1S/C29H51Cl/c1-4-5-6-7-8-9-10-11-12-13-14-15-16-17-18-19-20-21-24-27-25-22-23-26-28(27)29(2,3)30/h22-23,25-26H,4-21,24H2,1-3H3. The second kappa shape index (κ2) is 18.1. The molecule has 0 heterocycles. The molecule has 1 heteroatoms. The third-order valence-electron chi connectivity index (χ3n) is 6.46. The van der Waals surface area contributed by atoms with Gasteiger partial charge in [-0.15, -0.1) is 11.6 Å². The number of halogens is 1. The van der Waals surface area contributed by atoms with Crippen molar-refractivity contribution in [3.05, 3.63) is 35.4 Å². The Labute approximate surface area is 194 Å². The molecule has 0 bridgehead atoms. The van der Waals surface area contributed by atoms with E-state index in [0.29, 0.717) is 0 Å². The molecule has 174 valence electrons. The topological polar surface area (TPSA) is 0 Å². The molecular formula is C29H51Cl. The lowest BCUT2D eigenvalue weighted by atomic mass is 9.93.